The molecular formula is C18H24N4O2. The van der Waals surface area contributed by atoms with Crippen molar-refractivity contribution < 1.29 is 9.26 Å². The zero-order valence-electron chi connectivity index (χ0n) is 13.9. The van der Waals surface area contributed by atoms with Crippen LogP contribution in [-0.4, -0.2) is 55.0 Å². The molecular weight excluding hydrogens is 304 g/mol. The minimum Gasteiger partial charge on any atom is -0.377 e. The number of hydrogen-bond donors (Lipinski definition) is 1. The highest BCUT2D eigenvalue weighted by Gasteiger charge is 2.35. The summed E-state index contributed by atoms with van der Waals surface area (Å²) in [6.45, 7) is 6.15. The van der Waals surface area contributed by atoms with Crippen molar-refractivity contribution in [3.8, 4) is 0 Å². The molecule has 4 rings (SSSR count). The van der Waals surface area contributed by atoms with Crippen LogP contribution in [0.15, 0.2) is 40.9 Å². The standard InChI is InChI=1S/C18H24N4O2/c19-18(13-23-14-18)11-15-10-17(24-20-15)12-21-6-8-22(9-7-21)16-4-2-1-3-5-16/h1-5,10H,6-9,11-14,19H2. The van der Waals surface area contributed by atoms with E-state index < -0.39 is 0 Å². The molecule has 1 aromatic carbocycles. The third kappa shape index (κ3) is 3.45. The van der Waals surface area contributed by atoms with Gasteiger partial charge in [0.25, 0.3) is 0 Å². The van der Waals surface area contributed by atoms with Gasteiger partial charge in [-0.1, -0.05) is 23.4 Å². The van der Waals surface area contributed by atoms with E-state index in [-0.39, 0.29) is 5.54 Å². The van der Waals surface area contributed by atoms with Crippen LogP contribution >= 0.6 is 0 Å². The Morgan fingerprint density at radius 3 is 2.50 bits per heavy atom. The van der Waals surface area contributed by atoms with Crippen LogP contribution in [0.3, 0.4) is 0 Å². The van der Waals surface area contributed by atoms with Crippen LogP contribution in [0, 0.1) is 0 Å². The highest BCUT2D eigenvalue weighted by Crippen LogP contribution is 2.21. The van der Waals surface area contributed by atoms with Gasteiger partial charge in [-0.2, -0.15) is 0 Å². The average molecular weight is 328 g/mol. The van der Waals surface area contributed by atoms with Crippen LogP contribution in [0.2, 0.25) is 0 Å². The highest BCUT2D eigenvalue weighted by atomic mass is 16.5. The fourth-order valence-corrected chi connectivity index (χ4v) is 3.36. The van der Waals surface area contributed by atoms with E-state index in [0.717, 1.165) is 50.6 Å². The molecule has 128 valence electrons. The maximum Gasteiger partial charge on any atom is 0.150 e. The third-order valence-electron chi connectivity index (χ3n) is 4.79. The Bertz CT molecular complexity index is 661. The van der Waals surface area contributed by atoms with Gasteiger partial charge < -0.3 is 19.9 Å². The van der Waals surface area contributed by atoms with Crippen LogP contribution in [0.5, 0.6) is 0 Å². The molecule has 3 heterocycles. The van der Waals surface area contributed by atoms with E-state index in [2.05, 4.69) is 45.3 Å². The van der Waals surface area contributed by atoms with Crippen molar-refractivity contribution in [1.82, 2.24) is 10.1 Å². The molecule has 2 aliphatic heterocycles. The number of ether oxygens (including phenoxy) is 1. The predicted octanol–water partition coefficient (Wildman–Crippen LogP) is 1.27. The van der Waals surface area contributed by atoms with Crippen LogP contribution in [0.4, 0.5) is 5.69 Å². The maximum atomic E-state index is 6.18. The molecule has 6 heteroatoms. The molecule has 6 nitrogen and oxygen atoms in total. The summed E-state index contributed by atoms with van der Waals surface area (Å²) in [5.74, 6) is 0.919. The summed E-state index contributed by atoms with van der Waals surface area (Å²) in [5, 5.41) is 4.16. The second-order valence-corrected chi connectivity index (χ2v) is 6.92. The van der Waals surface area contributed by atoms with E-state index in [1.54, 1.807) is 0 Å². The van der Waals surface area contributed by atoms with Crippen molar-refractivity contribution in [3.05, 3.63) is 47.9 Å². The first kappa shape index (κ1) is 15.6. The van der Waals surface area contributed by atoms with E-state index in [1.165, 1.54) is 5.69 Å². The highest BCUT2D eigenvalue weighted by molar-refractivity contribution is 5.46. The van der Waals surface area contributed by atoms with E-state index in [1.807, 2.05) is 6.07 Å². The first-order chi connectivity index (χ1) is 11.7. The molecule has 1 aromatic heterocycles. The molecule has 2 fully saturated rings. The lowest BCUT2D eigenvalue weighted by Crippen LogP contribution is -2.58. The second-order valence-electron chi connectivity index (χ2n) is 6.92. The summed E-state index contributed by atoms with van der Waals surface area (Å²) in [6, 6.07) is 12.6. The number of aromatic nitrogens is 1. The van der Waals surface area contributed by atoms with E-state index in [4.69, 9.17) is 15.0 Å². The summed E-state index contributed by atoms with van der Waals surface area (Å²) >= 11 is 0. The van der Waals surface area contributed by atoms with Gasteiger partial charge >= 0.3 is 0 Å². The van der Waals surface area contributed by atoms with E-state index in [9.17, 15) is 0 Å². The van der Waals surface area contributed by atoms with Gasteiger partial charge in [-0.3, -0.25) is 4.90 Å². The van der Waals surface area contributed by atoms with Crippen LogP contribution in [-0.2, 0) is 17.7 Å². The molecule has 0 aliphatic carbocycles. The molecule has 0 saturated carbocycles. The first-order valence-electron chi connectivity index (χ1n) is 8.54. The lowest BCUT2D eigenvalue weighted by molar-refractivity contribution is -0.0535. The minimum atomic E-state index is -0.255. The molecule has 0 atom stereocenters. The Labute approximate surface area is 142 Å². The Kier molecular flexibility index (Phi) is 4.26. The summed E-state index contributed by atoms with van der Waals surface area (Å²) < 4.78 is 10.7. The monoisotopic (exact) mass is 328 g/mol. The maximum absolute atomic E-state index is 6.18. The van der Waals surface area contributed by atoms with Crippen molar-refractivity contribution in [2.24, 2.45) is 5.73 Å². The fourth-order valence-electron chi connectivity index (χ4n) is 3.36. The van der Waals surface area contributed by atoms with E-state index >= 15 is 0 Å². The molecule has 0 amide bonds. The number of para-hydroxylation sites is 1. The van der Waals surface area contributed by atoms with Crippen molar-refractivity contribution >= 4 is 5.69 Å². The number of piperazine rings is 1. The van der Waals surface area contributed by atoms with Crippen molar-refractivity contribution in [2.75, 3.05) is 44.3 Å². The van der Waals surface area contributed by atoms with Crippen LogP contribution in [0.1, 0.15) is 11.5 Å². The number of nitrogens with two attached hydrogens (primary N) is 1. The van der Waals surface area contributed by atoms with E-state index in [0.29, 0.717) is 13.2 Å². The fraction of sp³-hybridized carbons (Fsp3) is 0.500. The Hall–Kier alpha value is -1.89. The molecule has 0 bridgehead atoms. The van der Waals surface area contributed by atoms with Gasteiger partial charge in [0.15, 0.2) is 5.76 Å². The first-order valence-corrected chi connectivity index (χ1v) is 8.54. The Morgan fingerprint density at radius 2 is 1.83 bits per heavy atom. The zero-order valence-corrected chi connectivity index (χ0v) is 13.9. The molecule has 0 unspecified atom stereocenters. The van der Waals surface area contributed by atoms with Crippen LogP contribution in [0.25, 0.3) is 0 Å². The topological polar surface area (TPSA) is 67.8 Å². The van der Waals surface area contributed by atoms with Crippen molar-refractivity contribution in [1.29, 1.82) is 0 Å². The minimum absolute atomic E-state index is 0.255. The molecule has 0 spiro atoms. The van der Waals surface area contributed by atoms with Gasteiger partial charge in [0.1, 0.15) is 0 Å². The second kappa shape index (κ2) is 6.55. The SMILES string of the molecule is NC1(Cc2cc(CN3CCN(c4ccccc4)CC3)on2)COC1. The van der Waals surface area contributed by atoms with Crippen molar-refractivity contribution in [3.63, 3.8) is 0 Å². The Morgan fingerprint density at radius 1 is 1.08 bits per heavy atom. The summed E-state index contributed by atoms with van der Waals surface area (Å²) in [5.41, 5.74) is 8.15. The number of benzene rings is 1. The average Bonchev–Trinajstić information content (AvgIpc) is 3.02. The van der Waals surface area contributed by atoms with Gasteiger partial charge in [0, 0.05) is 44.4 Å². The summed E-state index contributed by atoms with van der Waals surface area (Å²) in [7, 11) is 0. The number of rotatable bonds is 5. The van der Waals surface area contributed by atoms with Gasteiger partial charge in [0.2, 0.25) is 0 Å². The largest absolute Gasteiger partial charge is 0.377 e. The van der Waals surface area contributed by atoms with Gasteiger partial charge in [-0.05, 0) is 12.1 Å². The van der Waals surface area contributed by atoms with Gasteiger partial charge in [0.05, 0.1) is 31.0 Å². The lowest BCUT2D eigenvalue weighted by atomic mass is 9.93. The van der Waals surface area contributed by atoms with Crippen molar-refractivity contribution in [2.45, 2.75) is 18.5 Å². The number of nitrogens with zero attached hydrogens (tertiary/aromatic N) is 3. The van der Waals surface area contributed by atoms with Gasteiger partial charge in [-0.25, -0.2) is 0 Å². The molecule has 0 radical (unpaired) electrons. The molecule has 2 saturated heterocycles. The number of anilines is 1. The zero-order chi connectivity index (χ0) is 16.4. The predicted molar refractivity (Wildman–Crippen MR) is 91.9 cm³/mol. The lowest BCUT2D eigenvalue weighted by Gasteiger charge is -2.37. The summed E-state index contributed by atoms with van der Waals surface area (Å²) in [6.07, 6.45) is 0.721. The van der Waals surface area contributed by atoms with Gasteiger partial charge in [-0.15, -0.1) is 0 Å². The Balaban J connectivity index is 1.29. The number of hydrogen-bond acceptors (Lipinski definition) is 6. The molecule has 2 N–H and O–H groups in total. The van der Waals surface area contributed by atoms with Crippen LogP contribution < -0.4 is 10.6 Å². The molecule has 2 aromatic rings. The smallest absolute Gasteiger partial charge is 0.150 e. The quantitative estimate of drug-likeness (QED) is 0.891. The normalized spacial score (nSPS) is 20.8. The molecule has 2 aliphatic rings. The molecule has 24 heavy (non-hydrogen) atoms. The third-order valence-corrected chi connectivity index (χ3v) is 4.79. The summed E-state index contributed by atoms with van der Waals surface area (Å²) in [4.78, 5) is 4.84.